The predicted octanol–water partition coefficient (Wildman–Crippen LogP) is 5.72. The first-order valence-corrected chi connectivity index (χ1v) is 13.1. The van der Waals surface area contributed by atoms with Crippen LogP contribution in [-0.4, -0.2) is 33.1 Å². The quantitative estimate of drug-likeness (QED) is 0.487. The smallest absolute Gasteiger partial charge is 0.0707 e. The Labute approximate surface area is 190 Å². The van der Waals surface area contributed by atoms with Crippen LogP contribution in [0, 0.1) is 46.3 Å². The Morgan fingerprint density at radius 3 is 2.48 bits per heavy atom. The minimum Gasteiger partial charge on any atom is -0.396 e. The molecule has 4 rings (SSSR count). The summed E-state index contributed by atoms with van der Waals surface area (Å²) in [6.45, 7) is 13.4. The van der Waals surface area contributed by atoms with Gasteiger partial charge in [-0.2, -0.15) is 0 Å². The zero-order chi connectivity index (χ0) is 22.8. The molecule has 3 nitrogen and oxygen atoms in total. The maximum absolute atomic E-state index is 11.0. The molecule has 0 radical (unpaired) electrons. The van der Waals surface area contributed by atoms with Crippen LogP contribution < -0.4 is 0 Å². The van der Waals surface area contributed by atoms with E-state index in [0.29, 0.717) is 17.3 Å². The van der Waals surface area contributed by atoms with E-state index < -0.39 is 11.2 Å². The normalized spacial score (nSPS) is 48.4. The zero-order valence-electron chi connectivity index (χ0n) is 21.0. The molecule has 0 aromatic carbocycles. The molecule has 0 heterocycles. The summed E-state index contributed by atoms with van der Waals surface area (Å²) in [5.41, 5.74) is 0.711. The van der Waals surface area contributed by atoms with Crippen molar-refractivity contribution in [2.75, 3.05) is 6.61 Å². The van der Waals surface area contributed by atoms with Gasteiger partial charge in [0.25, 0.3) is 0 Å². The van der Waals surface area contributed by atoms with Crippen LogP contribution in [0.2, 0.25) is 0 Å². The monoisotopic (exact) mass is 432 g/mol. The van der Waals surface area contributed by atoms with Crippen LogP contribution in [0.3, 0.4) is 0 Å². The van der Waals surface area contributed by atoms with E-state index in [1.165, 1.54) is 37.7 Å². The van der Waals surface area contributed by atoms with Crippen molar-refractivity contribution in [1.29, 1.82) is 0 Å². The van der Waals surface area contributed by atoms with Crippen LogP contribution in [0.25, 0.3) is 0 Å². The van der Waals surface area contributed by atoms with Crippen LogP contribution in [0.4, 0.5) is 0 Å². The van der Waals surface area contributed by atoms with Gasteiger partial charge < -0.3 is 15.3 Å². The van der Waals surface area contributed by atoms with Gasteiger partial charge in [0.15, 0.2) is 0 Å². The average molecular weight is 433 g/mol. The minimum atomic E-state index is -0.773. The second kappa shape index (κ2) is 7.84. The van der Waals surface area contributed by atoms with E-state index in [1.54, 1.807) is 0 Å². The van der Waals surface area contributed by atoms with Gasteiger partial charge >= 0.3 is 0 Å². The molecular formula is C28H48O3. The number of hydrogen-bond acceptors (Lipinski definition) is 3. The number of hydrogen-bond donors (Lipinski definition) is 3. The number of fused-ring (bicyclic) bond motifs is 5. The fourth-order valence-electron chi connectivity index (χ4n) is 8.99. The first-order valence-electron chi connectivity index (χ1n) is 13.1. The summed E-state index contributed by atoms with van der Waals surface area (Å²) in [7, 11) is 0. The molecule has 0 spiro atoms. The van der Waals surface area contributed by atoms with Gasteiger partial charge in [-0.05, 0) is 119 Å². The highest BCUT2D eigenvalue weighted by Gasteiger charge is 2.60. The largest absolute Gasteiger partial charge is 0.396 e. The summed E-state index contributed by atoms with van der Waals surface area (Å²) < 4.78 is 0. The Hall–Kier alpha value is -0.380. The number of aliphatic hydroxyl groups is 3. The molecule has 0 bridgehead atoms. The summed E-state index contributed by atoms with van der Waals surface area (Å²) in [4.78, 5) is 0. The lowest BCUT2D eigenvalue weighted by atomic mass is 9.45. The lowest BCUT2D eigenvalue weighted by molar-refractivity contribution is -0.105. The van der Waals surface area contributed by atoms with Crippen molar-refractivity contribution in [2.24, 2.45) is 46.3 Å². The molecule has 0 aromatic heterocycles. The second-order valence-corrected chi connectivity index (χ2v) is 13.4. The van der Waals surface area contributed by atoms with Crippen molar-refractivity contribution in [3.05, 3.63) is 11.6 Å². The lowest BCUT2D eigenvalue weighted by Gasteiger charge is -2.60. The SMILES string of the molecule is C[C@H](CCC(C)(C)O)[C@H]1CC[C@H]2[C@@H]3CC=C4C[C@@](C)(O)[C@@H](CO)C[C@]4(C)[C@H]3CC[C@]12C. The number of allylic oxidation sites excluding steroid dienone is 1. The maximum Gasteiger partial charge on any atom is 0.0707 e. The van der Waals surface area contributed by atoms with Crippen molar-refractivity contribution in [3.63, 3.8) is 0 Å². The highest BCUT2D eigenvalue weighted by atomic mass is 16.3. The average Bonchev–Trinajstić information content (AvgIpc) is 3.02. The molecule has 178 valence electrons. The molecule has 3 heteroatoms. The third kappa shape index (κ3) is 3.95. The molecule has 0 amide bonds. The summed E-state index contributed by atoms with van der Waals surface area (Å²) in [5, 5.41) is 31.2. The first kappa shape index (κ1) is 23.8. The summed E-state index contributed by atoms with van der Waals surface area (Å²) >= 11 is 0. The third-order valence-corrected chi connectivity index (χ3v) is 10.9. The van der Waals surface area contributed by atoms with E-state index in [0.717, 1.165) is 43.4 Å². The fraction of sp³-hybridized carbons (Fsp3) is 0.929. The van der Waals surface area contributed by atoms with E-state index >= 15 is 0 Å². The van der Waals surface area contributed by atoms with Crippen LogP contribution >= 0.6 is 0 Å². The predicted molar refractivity (Wildman–Crippen MR) is 126 cm³/mol. The van der Waals surface area contributed by atoms with Gasteiger partial charge in [-0.15, -0.1) is 0 Å². The minimum absolute atomic E-state index is 0.0140. The second-order valence-electron chi connectivity index (χ2n) is 13.4. The van der Waals surface area contributed by atoms with Gasteiger partial charge in [-0.25, -0.2) is 0 Å². The molecular weight excluding hydrogens is 384 g/mol. The fourth-order valence-corrected chi connectivity index (χ4v) is 8.99. The molecule has 3 fully saturated rings. The van der Waals surface area contributed by atoms with Gasteiger partial charge in [-0.1, -0.05) is 32.4 Å². The van der Waals surface area contributed by atoms with Gasteiger partial charge in [-0.3, -0.25) is 0 Å². The topological polar surface area (TPSA) is 60.7 Å². The van der Waals surface area contributed by atoms with Crippen molar-refractivity contribution in [1.82, 2.24) is 0 Å². The Bertz CT molecular complexity index is 704. The Morgan fingerprint density at radius 2 is 1.84 bits per heavy atom. The zero-order valence-corrected chi connectivity index (χ0v) is 21.0. The molecule has 3 saturated carbocycles. The molecule has 4 aliphatic carbocycles. The number of rotatable bonds is 5. The molecule has 0 aromatic rings. The summed E-state index contributed by atoms with van der Waals surface area (Å²) in [5.74, 6) is 3.68. The highest BCUT2D eigenvalue weighted by Crippen LogP contribution is 2.68. The Kier molecular flexibility index (Phi) is 6.01. The van der Waals surface area contributed by atoms with Crippen LogP contribution in [-0.2, 0) is 0 Å². The van der Waals surface area contributed by atoms with Crippen molar-refractivity contribution < 1.29 is 15.3 Å². The van der Waals surface area contributed by atoms with Gasteiger partial charge in [0.05, 0.1) is 11.2 Å². The van der Waals surface area contributed by atoms with Crippen molar-refractivity contribution in [2.45, 2.75) is 111 Å². The highest BCUT2D eigenvalue weighted by molar-refractivity contribution is 5.28. The van der Waals surface area contributed by atoms with Gasteiger partial charge in [0.1, 0.15) is 0 Å². The van der Waals surface area contributed by atoms with Crippen LogP contribution in [0.15, 0.2) is 11.6 Å². The van der Waals surface area contributed by atoms with Gasteiger partial charge in [0, 0.05) is 12.5 Å². The van der Waals surface area contributed by atoms with Gasteiger partial charge in [0.2, 0.25) is 0 Å². The van der Waals surface area contributed by atoms with E-state index in [-0.39, 0.29) is 17.9 Å². The van der Waals surface area contributed by atoms with E-state index in [2.05, 4.69) is 26.8 Å². The maximum atomic E-state index is 11.0. The molecule has 9 atom stereocenters. The molecule has 0 saturated heterocycles. The van der Waals surface area contributed by atoms with Crippen molar-refractivity contribution in [3.8, 4) is 0 Å². The van der Waals surface area contributed by atoms with Crippen LogP contribution in [0.5, 0.6) is 0 Å². The standard InChI is InChI=1S/C28H48O3/c1-18(11-13-25(2,3)30)22-9-10-23-21-8-7-19-16-28(6,31)20(17-29)15-27(19,5)24(21)12-14-26(22,23)4/h7,18,20-24,29-31H,8-17H2,1-6H3/t18-,20-,21+,22-,23+,24+,26-,27+,28-/m1/s1. The molecule has 3 N–H and O–H groups in total. The molecule has 0 unspecified atom stereocenters. The lowest BCUT2D eigenvalue weighted by Crippen LogP contribution is -2.55. The Balaban J connectivity index is 1.55. The summed E-state index contributed by atoms with van der Waals surface area (Å²) in [6, 6.07) is 0. The number of aliphatic hydroxyl groups excluding tert-OH is 1. The van der Waals surface area contributed by atoms with E-state index in [4.69, 9.17) is 0 Å². The molecule has 31 heavy (non-hydrogen) atoms. The summed E-state index contributed by atoms with van der Waals surface area (Å²) in [6.07, 6.45) is 12.7. The first-order chi connectivity index (χ1) is 14.3. The Morgan fingerprint density at radius 1 is 1.13 bits per heavy atom. The third-order valence-electron chi connectivity index (χ3n) is 10.9. The molecule has 4 aliphatic rings. The van der Waals surface area contributed by atoms with Crippen molar-refractivity contribution >= 4 is 0 Å². The molecule has 0 aliphatic heterocycles. The van der Waals surface area contributed by atoms with Crippen LogP contribution in [0.1, 0.15) is 99.3 Å². The van der Waals surface area contributed by atoms with E-state index in [1.807, 2.05) is 20.8 Å². The van der Waals surface area contributed by atoms with E-state index in [9.17, 15) is 15.3 Å².